The maximum atomic E-state index is 9.76. The normalized spacial score (nSPS) is 13.8. The first-order valence-electron chi connectivity index (χ1n) is 6.27. The van der Waals surface area contributed by atoms with Crippen molar-refractivity contribution in [1.29, 1.82) is 0 Å². The van der Waals surface area contributed by atoms with Gasteiger partial charge < -0.3 is 10.0 Å². The van der Waals surface area contributed by atoms with Gasteiger partial charge in [-0.3, -0.25) is 0 Å². The Hall–Kier alpha value is -1.96. The van der Waals surface area contributed by atoms with Crippen LogP contribution < -0.4 is 4.90 Å². The summed E-state index contributed by atoms with van der Waals surface area (Å²) in [6.07, 6.45) is 0. The number of hydrogen-bond acceptors (Lipinski definition) is 2. The quantitative estimate of drug-likeness (QED) is 0.823. The number of phenolic OH excluding ortho intramolecular Hbond substituents is 1. The predicted octanol–water partition coefficient (Wildman–Crippen LogP) is 3.53. The van der Waals surface area contributed by atoms with Gasteiger partial charge in [0.2, 0.25) is 0 Å². The van der Waals surface area contributed by atoms with Crippen LogP contribution in [-0.2, 0) is 13.1 Å². The number of aromatic hydroxyl groups is 1. The van der Waals surface area contributed by atoms with Gasteiger partial charge in [-0.05, 0) is 48.7 Å². The molecule has 1 heterocycles. The molecule has 1 aliphatic rings. The molecule has 2 nitrogen and oxygen atoms in total. The first-order valence-corrected chi connectivity index (χ1v) is 6.27. The third kappa shape index (κ3) is 1.74. The third-order valence-corrected chi connectivity index (χ3v) is 3.78. The lowest BCUT2D eigenvalue weighted by Crippen LogP contribution is -2.14. The molecule has 18 heavy (non-hydrogen) atoms. The first kappa shape index (κ1) is 11.1. The molecular formula is C16H17NO. The topological polar surface area (TPSA) is 23.5 Å². The van der Waals surface area contributed by atoms with Gasteiger partial charge in [0.15, 0.2) is 0 Å². The van der Waals surface area contributed by atoms with E-state index in [-0.39, 0.29) is 0 Å². The molecule has 1 aliphatic heterocycles. The van der Waals surface area contributed by atoms with Crippen LogP contribution in [0.4, 0.5) is 5.69 Å². The third-order valence-electron chi connectivity index (χ3n) is 3.78. The largest absolute Gasteiger partial charge is 0.508 e. The predicted molar refractivity (Wildman–Crippen MR) is 73.9 cm³/mol. The average molecular weight is 239 g/mol. The Morgan fingerprint density at radius 3 is 2.39 bits per heavy atom. The molecule has 0 bridgehead atoms. The van der Waals surface area contributed by atoms with Crippen LogP contribution in [0.1, 0.15) is 22.3 Å². The fourth-order valence-corrected chi connectivity index (χ4v) is 2.56. The molecule has 0 amide bonds. The number of fused-ring (bicyclic) bond motifs is 1. The SMILES string of the molecule is Cc1ccc(N2Cc3ccc(O)c(C)c3C2)cc1. The molecule has 0 spiro atoms. The summed E-state index contributed by atoms with van der Waals surface area (Å²) < 4.78 is 0. The van der Waals surface area contributed by atoms with Gasteiger partial charge in [-0.15, -0.1) is 0 Å². The Balaban J connectivity index is 1.93. The second-order valence-corrected chi connectivity index (χ2v) is 5.04. The smallest absolute Gasteiger partial charge is 0.118 e. The summed E-state index contributed by atoms with van der Waals surface area (Å²) in [5.74, 6) is 0.402. The molecule has 0 aliphatic carbocycles. The average Bonchev–Trinajstić information content (AvgIpc) is 2.80. The van der Waals surface area contributed by atoms with Crippen LogP contribution in [0.25, 0.3) is 0 Å². The van der Waals surface area contributed by atoms with Crippen molar-refractivity contribution in [3.8, 4) is 5.75 Å². The van der Waals surface area contributed by atoms with Crippen LogP contribution in [0.3, 0.4) is 0 Å². The summed E-state index contributed by atoms with van der Waals surface area (Å²) in [4.78, 5) is 2.34. The molecule has 0 saturated heterocycles. The van der Waals surface area contributed by atoms with Gasteiger partial charge in [0.1, 0.15) is 5.75 Å². The minimum Gasteiger partial charge on any atom is -0.508 e. The number of benzene rings is 2. The van der Waals surface area contributed by atoms with E-state index in [1.807, 2.05) is 13.0 Å². The number of nitrogens with zero attached hydrogens (tertiary/aromatic N) is 1. The number of rotatable bonds is 1. The Kier molecular flexibility index (Phi) is 2.51. The van der Waals surface area contributed by atoms with Crippen LogP contribution in [-0.4, -0.2) is 5.11 Å². The van der Waals surface area contributed by atoms with Gasteiger partial charge in [0.25, 0.3) is 0 Å². The minimum atomic E-state index is 0.402. The molecule has 0 atom stereocenters. The number of phenols is 1. The van der Waals surface area contributed by atoms with Gasteiger partial charge in [0, 0.05) is 18.8 Å². The van der Waals surface area contributed by atoms with Crippen molar-refractivity contribution in [2.45, 2.75) is 26.9 Å². The number of anilines is 1. The van der Waals surface area contributed by atoms with Gasteiger partial charge in [-0.1, -0.05) is 23.8 Å². The maximum absolute atomic E-state index is 9.76. The lowest BCUT2D eigenvalue weighted by molar-refractivity contribution is 0.470. The molecule has 3 rings (SSSR count). The summed E-state index contributed by atoms with van der Waals surface area (Å²) in [5.41, 5.74) is 6.14. The second kappa shape index (κ2) is 4.05. The van der Waals surface area contributed by atoms with E-state index < -0.39 is 0 Å². The summed E-state index contributed by atoms with van der Waals surface area (Å²) in [6, 6.07) is 12.4. The molecule has 92 valence electrons. The lowest BCUT2D eigenvalue weighted by atomic mass is 10.0. The zero-order valence-corrected chi connectivity index (χ0v) is 10.8. The molecule has 2 aromatic carbocycles. The van der Waals surface area contributed by atoms with E-state index in [2.05, 4.69) is 36.1 Å². The molecular weight excluding hydrogens is 222 g/mol. The van der Waals surface area contributed by atoms with Gasteiger partial charge in [0.05, 0.1) is 0 Å². The Bertz CT molecular complexity index is 587. The molecule has 0 unspecified atom stereocenters. The standard InChI is InChI=1S/C16H17NO/c1-11-3-6-14(7-4-11)17-9-13-5-8-16(18)12(2)15(13)10-17/h3-8,18H,9-10H2,1-2H3. The van der Waals surface area contributed by atoms with Crippen LogP contribution in [0, 0.1) is 13.8 Å². The van der Waals surface area contributed by atoms with Crippen molar-refractivity contribution in [2.24, 2.45) is 0 Å². The molecule has 0 fully saturated rings. The highest BCUT2D eigenvalue weighted by Gasteiger charge is 2.21. The fraction of sp³-hybridized carbons (Fsp3) is 0.250. The van der Waals surface area contributed by atoms with E-state index in [0.717, 1.165) is 18.7 Å². The number of aryl methyl sites for hydroxylation is 1. The molecule has 2 heteroatoms. The van der Waals surface area contributed by atoms with Crippen LogP contribution in [0.15, 0.2) is 36.4 Å². The monoisotopic (exact) mass is 239 g/mol. The Labute approximate surface area is 107 Å². The minimum absolute atomic E-state index is 0.402. The van der Waals surface area contributed by atoms with Crippen LogP contribution in [0.2, 0.25) is 0 Å². The van der Waals surface area contributed by atoms with E-state index >= 15 is 0 Å². The second-order valence-electron chi connectivity index (χ2n) is 5.04. The zero-order chi connectivity index (χ0) is 12.7. The van der Waals surface area contributed by atoms with Crippen molar-refractivity contribution in [3.63, 3.8) is 0 Å². The van der Waals surface area contributed by atoms with Gasteiger partial charge in [-0.2, -0.15) is 0 Å². The molecule has 0 radical (unpaired) electrons. The van der Waals surface area contributed by atoms with Crippen LogP contribution in [0.5, 0.6) is 5.75 Å². The Morgan fingerprint density at radius 1 is 0.944 bits per heavy atom. The van der Waals surface area contributed by atoms with Crippen molar-refractivity contribution in [2.75, 3.05) is 4.90 Å². The van der Waals surface area contributed by atoms with Gasteiger partial charge in [-0.25, -0.2) is 0 Å². The van der Waals surface area contributed by atoms with E-state index in [1.165, 1.54) is 22.4 Å². The molecule has 1 N–H and O–H groups in total. The zero-order valence-electron chi connectivity index (χ0n) is 10.8. The van der Waals surface area contributed by atoms with Crippen LogP contribution >= 0.6 is 0 Å². The first-order chi connectivity index (χ1) is 8.65. The maximum Gasteiger partial charge on any atom is 0.118 e. The lowest BCUT2D eigenvalue weighted by Gasteiger charge is -2.17. The van der Waals surface area contributed by atoms with Gasteiger partial charge >= 0.3 is 0 Å². The van der Waals surface area contributed by atoms with Crippen molar-refractivity contribution in [1.82, 2.24) is 0 Å². The van der Waals surface area contributed by atoms with E-state index in [0.29, 0.717) is 5.75 Å². The summed E-state index contributed by atoms with van der Waals surface area (Å²) in [6.45, 7) is 5.91. The summed E-state index contributed by atoms with van der Waals surface area (Å²) in [7, 11) is 0. The Morgan fingerprint density at radius 2 is 1.67 bits per heavy atom. The molecule has 0 saturated carbocycles. The van der Waals surface area contributed by atoms with E-state index in [4.69, 9.17) is 0 Å². The molecule has 0 aromatic heterocycles. The highest BCUT2D eigenvalue weighted by atomic mass is 16.3. The van der Waals surface area contributed by atoms with Crippen molar-refractivity contribution in [3.05, 3.63) is 58.7 Å². The van der Waals surface area contributed by atoms with Crippen molar-refractivity contribution < 1.29 is 5.11 Å². The van der Waals surface area contributed by atoms with Crippen molar-refractivity contribution >= 4 is 5.69 Å². The molecule has 2 aromatic rings. The van der Waals surface area contributed by atoms with E-state index in [1.54, 1.807) is 6.07 Å². The summed E-state index contributed by atoms with van der Waals surface area (Å²) in [5, 5.41) is 9.76. The highest BCUT2D eigenvalue weighted by molar-refractivity contribution is 5.55. The van der Waals surface area contributed by atoms with E-state index in [9.17, 15) is 5.11 Å². The number of hydrogen-bond donors (Lipinski definition) is 1. The summed E-state index contributed by atoms with van der Waals surface area (Å²) >= 11 is 0. The highest BCUT2D eigenvalue weighted by Crippen LogP contribution is 2.33. The fourth-order valence-electron chi connectivity index (χ4n) is 2.56.